The van der Waals surface area contributed by atoms with Crippen LogP contribution >= 0.6 is 0 Å². The number of hydrogen-bond acceptors (Lipinski definition) is 6. The van der Waals surface area contributed by atoms with Crippen molar-refractivity contribution in [2.24, 2.45) is 0 Å². The van der Waals surface area contributed by atoms with Gasteiger partial charge in [-0.3, -0.25) is 4.98 Å². The molecule has 0 saturated carbocycles. The van der Waals surface area contributed by atoms with E-state index in [-0.39, 0.29) is 11.8 Å². The van der Waals surface area contributed by atoms with Crippen LogP contribution in [0.4, 0.5) is 26.0 Å². The monoisotopic (exact) mass is 450 g/mol. The van der Waals surface area contributed by atoms with E-state index in [1.165, 1.54) is 0 Å². The van der Waals surface area contributed by atoms with Gasteiger partial charge in [0.15, 0.2) is 0 Å². The fraction of sp³-hybridized carbons (Fsp3) is 0.280. The fourth-order valence-electron chi connectivity index (χ4n) is 4.07. The van der Waals surface area contributed by atoms with Gasteiger partial charge in [-0.1, -0.05) is 5.92 Å². The topological polar surface area (TPSA) is 50.7 Å². The van der Waals surface area contributed by atoms with Gasteiger partial charge in [0.25, 0.3) is 0 Å². The molecule has 170 valence electrons. The lowest BCUT2D eigenvalue weighted by molar-refractivity contribution is -0.0498. The van der Waals surface area contributed by atoms with E-state index < -0.39 is 6.61 Å². The van der Waals surface area contributed by atoms with Crippen LogP contribution in [0.2, 0.25) is 0 Å². The number of aromatic nitrogens is 2. The molecule has 0 amide bonds. The van der Waals surface area contributed by atoms with Gasteiger partial charge in [-0.2, -0.15) is 8.78 Å². The molecule has 0 atom stereocenters. The molecule has 0 radical (unpaired) electrons. The first-order valence-corrected chi connectivity index (χ1v) is 10.6. The quantitative estimate of drug-likeness (QED) is 0.479. The summed E-state index contributed by atoms with van der Waals surface area (Å²) in [6.07, 6.45) is 12.3. The summed E-state index contributed by atoms with van der Waals surface area (Å²) in [6.45, 7) is -1.25. The lowest BCUT2D eigenvalue weighted by atomic mass is 10.0. The summed E-state index contributed by atoms with van der Waals surface area (Å²) < 4.78 is 35.2. The van der Waals surface area contributed by atoms with Crippen LogP contribution in [-0.2, 0) is 0 Å². The van der Waals surface area contributed by atoms with Gasteiger partial charge >= 0.3 is 6.61 Å². The molecule has 33 heavy (non-hydrogen) atoms. The van der Waals surface area contributed by atoms with Gasteiger partial charge in [0.05, 0.1) is 13.3 Å². The van der Waals surface area contributed by atoms with Gasteiger partial charge < -0.3 is 19.3 Å². The van der Waals surface area contributed by atoms with Crippen molar-refractivity contribution in [1.29, 1.82) is 0 Å². The Morgan fingerprint density at radius 3 is 2.45 bits per heavy atom. The molecule has 2 aromatic heterocycles. The molecule has 3 heterocycles. The zero-order valence-corrected chi connectivity index (χ0v) is 18.2. The molecule has 0 aliphatic carbocycles. The molecule has 0 unspecified atom stereocenters. The third kappa shape index (κ3) is 5.14. The number of terminal acetylenes is 1. The minimum absolute atomic E-state index is 0.114. The van der Waals surface area contributed by atoms with Crippen molar-refractivity contribution in [1.82, 2.24) is 9.97 Å². The fourth-order valence-corrected chi connectivity index (χ4v) is 4.07. The zero-order valence-electron chi connectivity index (χ0n) is 18.2. The molecule has 8 heteroatoms. The molecule has 1 fully saturated rings. The van der Waals surface area contributed by atoms with Crippen molar-refractivity contribution < 1.29 is 18.3 Å². The Bertz CT molecular complexity index is 1090. The molecule has 1 aliphatic heterocycles. The van der Waals surface area contributed by atoms with Gasteiger partial charge in [-0.05, 0) is 49.2 Å². The Labute approximate surface area is 191 Å². The summed E-state index contributed by atoms with van der Waals surface area (Å²) in [4.78, 5) is 13.2. The summed E-state index contributed by atoms with van der Waals surface area (Å²) >= 11 is 0. The number of piperidine rings is 1. The van der Waals surface area contributed by atoms with Crippen LogP contribution in [0.15, 0.2) is 61.1 Å². The van der Waals surface area contributed by atoms with Crippen molar-refractivity contribution in [2.75, 3.05) is 30.0 Å². The maximum Gasteiger partial charge on any atom is 0.387 e. The smallest absolute Gasteiger partial charge is 0.387 e. The van der Waals surface area contributed by atoms with Crippen LogP contribution in [0, 0.1) is 12.3 Å². The van der Waals surface area contributed by atoms with Crippen LogP contribution in [0.5, 0.6) is 11.5 Å². The van der Waals surface area contributed by atoms with Crippen molar-refractivity contribution in [3.05, 3.63) is 66.6 Å². The zero-order chi connectivity index (χ0) is 23.2. The first kappa shape index (κ1) is 22.3. The number of alkyl halides is 2. The molecule has 6 nitrogen and oxygen atoms in total. The van der Waals surface area contributed by atoms with Crippen molar-refractivity contribution in [3.63, 3.8) is 0 Å². The number of rotatable bonds is 7. The lowest BCUT2D eigenvalue weighted by Gasteiger charge is -2.40. The van der Waals surface area contributed by atoms with E-state index in [2.05, 4.69) is 30.4 Å². The Balaban J connectivity index is 1.58. The summed E-state index contributed by atoms with van der Waals surface area (Å²) in [5.41, 5.74) is 2.41. The largest absolute Gasteiger partial charge is 0.494 e. The van der Waals surface area contributed by atoms with E-state index >= 15 is 0 Å². The second-order valence-corrected chi connectivity index (χ2v) is 7.56. The third-order valence-electron chi connectivity index (χ3n) is 5.65. The molecule has 1 aromatic carbocycles. The first-order chi connectivity index (χ1) is 16.1. The standard InChI is InChI=1S/C25H24F2N4O2/c1-3-18-4-9-24(29-16-18)30-14-11-20(12-15-30)31(22-17-28-13-10-23(22)32-2)19-5-7-21(8-6-19)33-25(26)27/h1,4-10,13,16-17,20,25H,11-12,14-15H2,2H3. The van der Waals surface area contributed by atoms with Gasteiger partial charge in [-0.15, -0.1) is 6.42 Å². The summed E-state index contributed by atoms with van der Waals surface area (Å²) in [5.74, 6) is 4.28. The van der Waals surface area contributed by atoms with E-state index in [1.807, 2.05) is 18.2 Å². The molecule has 1 saturated heterocycles. The van der Waals surface area contributed by atoms with Crippen LogP contribution in [-0.4, -0.2) is 42.8 Å². The molecular formula is C25H24F2N4O2. The van der Waals surface area contributed by atoms with Crippen LogP contribution in [0.1, 0.15) is 18.4 Å². The van der Waals surface area contributed by atoms with Gasteiger partial charge in [0.1, 0.15) is 23.0 Å². The molecule has 0 bridgehead atoms. The van der Waals surface area contributed by atoms with Gasteiger partial charge in [0, 0.05) is 48.8 Å². The number of methoxy groups -OCH3 is 1. The average Bonchev–Trinajstić information content (AvgIpc) is 2.86. The highest BCUT2D eigenvalue weighted by Crippen LogP contribution is 2.38. The van der Waals surface area contributed by atoms with Gasteiger partial charge in [0.2, 0.25) is 0 Å². The Morgan fingerprint density at radius 1 is 1.09 bits per heavy atom. The first-order valence-electron chi connectivity index (χ1n) is 10.6. The number of anilines is 3. The van der Waals surface area contributed by atoms with E-state index in [9.17, 15) is 8.78 Å². The van der Waals surface area contributed by atoms with E-state index in [4.69, 9.17) is 11.2 Å². The summed E-state index contributed by atoms with van der Waals surface area (Å²) in [5, 5.41) is 0. The van der Waals surface area contributed by atoms with Crippen molar-refractivity contribution in [3.8, 4) is 23.8 Å². The highest BCUT2D eigenvalue weighted by molar-refractivity contribution is 5.69. The number of halogens is 2. The predicted molar refractivity (Wildman–Crippen MR) is 123 cm³/mol. The average molecular weight is 450 g/mol. The highest BCUT2D eigenvalue weighted by Gasteiger charge is 2.28. The Hall–Kier alpha value is -3.86. The predicted octanol–water partition coefficient (Wildman–Crippen LogP) is 4.88. The molecule has 4 rings (SSSR count). The van der Waals surface area contributed by atoms with E-state index in [1.54, 1.807) is 50.0 Å². The molecule has 0 spiro atoms. The van der Waals surface area contributed by atoms with Crippen LogP contribution < -0.4 is 19.3 Å². The molecule has 1 aliphatic rings. The van der Waals surface area contributed by atoms with E-state index in [0.29, 0.717) is 5.75 Å². The Morgan fingerprint density at radius 2 is 1.85 bits per heavy atom. The normalized spacial score (nSPS) is 14.1. The maximum atomic E-state index is 12.6. The maximum absolute atomic E-state index is 12.6. The van der Waals surface area contributed by atoms with Crippen molar-refractivity contribution in [2.45, 2.75) is 25.5 Å². The minimum atomic E-state index is -2.86. The van der Waals surface area contributed by atoms with Crippen LogP contribution in [0.25, 0.3) is 0 Å². The number of ether oxygens (including phenoxy) is 2. The minimum Gasteiger partial charge on any atom is -0.494 e. The number of benzene rings is 1. The molecule has 3 aromatic rings. The second-order valence-electron chi connectivity index (χ2n) is 7.56. The summed E-state index contributed by atoms with van der Waals surface area (Å²) in [6, 6.07) is 12.4. The summed E-state index contributed by atoms with van der Waals surface area (Å²) in [7, 11) is 1.62. The number of hydrogen-bond donors (Lipinski definition) is 0. The van der Waals surface area contributed by atoms with Crippen molar-refractivity contribution >= 4 is 17.2 Å². The van der Waals surface area contributed by atoms with Crippen LogP contribution in [0.3, 0.4) is 0 Å². The number of nitrogens with zero attached hydrogens (tertiary/aromatic N) is 4. The Kier molecular flexibility index (Phi) is 6.89. The van der Waals surface area contributed by atoms with Gasteiger partial charge in [-0.25, -0.2) is 4.98 Å². The highest BCUT2D eigenvalue weighted by atomic mass is 19.3. The lowest BCUT2D eigenvalue weighted by Crippen LogP contribution is -2.43. The number of pyridine rings is 2. The van der Waals surface area contributed by atoms with E-state index in [0.717, 1.165) is 48.7 Å². The molecular weight excluding hydrogens is 426 g/mol. The molecule has 0 N–H and O–H groups in total. The second kappa shape index (κ2) is 10.2. The third-order valence-corrected chi connectivity index (χ3v) is 5.65. The SMILES string of the molecule is C#Cc1ccc(N2CCC(N(c3ccc(OC(F)F)cc3)c3cnccc3OC)CC2)nc1.